The number of ether oxygens (including phenoxy) is 1. The van der Waals surface area contributed by atoms with Crippen LogP contribution in [-0.4, -0.2) is 18.0 Å². The van der Waals surface area contributed by atoms with Crippen molar-refractivity contribution in [3.8, 4) is 0 Å². The van der Waals surface area contributed by atoms with Gasteiger partial charge in [-0.1, -0.05) is 34.1 Å². The van der Waals surface area contributed by atoms with E-state index in [1.165, 1.54) is 6.92 Å². The number of fused-ring (bicyclic) bond motifs is 1. The zero-order valence-electron chi connectivity index (χ0n) is 13.7. The standard InChI is InChI=1S/C19H16BrNO4/c1-11-15-5-3-4-6-16(15)25-17(11)19(23)24-12(2)18(22)21-14-9-7-13(20)8-10-14/h3-10,12H,1-2H3,(H,21,22)/t12-/m1/s1. The van der Waals surface area contributed by atoms with Crippen LogP contribution in [0, 0.1) is 6.92 Å². The van der Waals surface area contributed by atoms with Gasteiger partial charge < -0.3 is 14.5 Å². The van der Waals surface area contributed by atoms with Crippen LogP contribution in [0.25, 0.3) is 11.0 Å². The van der Waals surface area contributed by atoms with Gasteiger partial charge in [-0.25, -0.2) is 4.79 Å². The number of amides is 1. The fourth-order valence-corrected chi connectivity index (χ4v) is 2.68. The largest absolute Gasteiger partial charge is 0.449 e. The molecule has 1 N–H and O–H groups in total. The number of para-hydroxylation sites is 1. The highest BCUT2D eigenvalue weighted by Gasteiger charge is 2.24. The first kappa shape index (κ1) is 17.2. The summed E-state index contributed by atoms with van der Waals surface area (Å²) in [5.41, 5.74) is 1.93. The third-order valence-corrected chi connectivity index (χ3v) is 4.32. The van der Waals surface area contributed by atoms with E-state index in [-0.39, 0.29) is 5.76 Å². The van der Waals surface area contributed by atoms with E-state index in [1.54, 1.807) is 25.1 Å². The van der Waals surface area contributed by atoms with Crippen LogP contribution >= 0.6 is 15.9 Å². The molecule has 1 amide bonds. The SMILES string of the molecule is Cc1c(C(=O)O[C@H](C)C(=O)Nc2ccc(Br)cc2)oc2ccccc12. The summed E-state index contributed by atoms with van der Waals surface area (Å²) in [6.45, 7) is 3.30. The van der Waals surface area contributed by atoms with Gasteiger partial charge in [0.05, 0.1) is 0 Å². The first-order valence-corrected chi connectivity index (χ1v) is 8.50. The quantitative estimate of drug-likeness (QED) is 0.643. The molecule has 0 unspecified atom stereocenters. The Morgan fingerprint density at radius 2 is 1.80 bits per heavy atom. The topological polar surface area (TPSA) is 68.5 Å². The van der Waals surface area contributed by atoms with Gasteiger partial charge in [0.2, 0.25) is 5.76 Å². The Morgan fingerprint density at radius 1 is 1.12 bits per heavy atom. The molecule has 1 atom stereocenters. The van der Waals surface area contributed by atoms with Crippen LogP contribution < -0.4 is 5.32 Å². The van der Waals surface area contributed by atoms with Gasteiger partial charge in [-0.15, -0.1) is 0 Å². The predicted octanol–water partition coefficient (Wildman–Crippen LogP) is 4.69. The number of benzene rings is 2. The first-order chi connectivity index (χ1) is 12.0. The summed E-state index contributed by atoms with van der Waals surface area (Å²) >= 11 is 3.33. The summed E-state index contributed by atoms with van der Waals surface area (Å²) in [4.78, 5) is 24.5. The fraction of sp³-hybridized carbons (Fsp3) is 0.158. The van der Waals surface area contributed by atoms with Crippen LogP contribution in [0.15, 0.2) is 57.4 Å². The van der Waals surface area contributed by atoms with Crippen LogP contribution in [0.3, 0.4) is 0 Å². The molecule has 128 valence electrons. The van der Waals surface area contributed by atoms with Crippen LogP contribution in [0.5, 0.6) is 0 Å². The van der Waals surface area contributed by atoms with Crippen molar-refractivity contribution in [1.82, 2.24) is 0 Å². The van der Waals surface area contributed by atoms with Crippen molar-refractivity contribution in [2.45, 2.75) is 20.0 Å². The first-order valence-electron chi connectivity index (χ1n) is 7.71. The number of hydrogen-bond acceptors (Lipinski definition) is 4. The Labute approximate surface area is 153 Å². The van der Waals surface area contributed by atoms with Crippen LogP contribution in [0.1, 0.15) is 23.0 Å². The number of aryl methyl sites for hydroxylation is 1. The van der Waals surface area contributed by atoms with Gasteiger partial charge >= 0.3 is 5.97 Å². The fourth-order valence-electron chi connectivity index (χ4n) is 2.41. The smallest absolute Gasteiger partial charge is 0.375 e. The molecule has 0 saturated heterocycles. The van der Waals surface area contributed by atoms with Gasteiger partial charge in [0.1, 0.15) is 5.58 Å². The van der Waals surface area contributed by atoms with Crippen molar-refractivity contribution in [1.29, 1.82) is 0 Å². The van der Waals surface area contributed by atoms with Crippen molar-refractivity contribution in [3.63, 3.8) is 0 Å². The lowest BCUT2D eigenvalue weighted by Gasteiger charge is -2.13. The van der Waals surface area contributed by atoms with Gasteiger partial charge in [-0.2, -0.15) is 0 Å². The highest BCUT2D eigenvalue weighted by Crippen LogP contribution is 2.25. The Hall–Kier alpha value is -2.60. The third kappa shape index (κ3) is 3.74. The van der Waals surface area contributed by atoms with Crippen molar-refractivity contribution in [2.24, 2.45) is 0 Å². The number of hydrogen-bond donors (Lipinski definition) is 1. The minimum Gasteiger partial charge on any atom is -0.449 e. The molecule has 1 heterocycles. The Bertz CT molecular complexity index is 930. The van der Waals surface area contributed by atoms with E-state index >= 15 is 0 Å². The molecule has 1 aromatic heterocycles. The zero-order valence-corrected chi connectivity index (χ0v) is 15.3. The second-order valence-electron chi connectivity index (χ2n) is 5.60. The summed E-state index contributed by atoms with van der Waals surface area (Å²) in [6.07, 6.45) is -0.955. The molecule has 3 aromatic rings. The normalized spacial score (nSPS) is 12.0. The molecular weight excluding hydrogens is 386 g/mol. The van der Waals surface area contributed by atoms with E-state index < -0.39 is 18.0 Å². The van der Waals surface area contributed by atoms with Crippen molar-refractivity contribution >= 4 is 44.5 Å². The molecule has 2 aromatic carbocycles. The molecule has 0 aliphatic carbocycles. The lowest BCUT2D eigenvalue weighted by atomic mass is 10.1. The Balaban J connectivity index is 1.69. The van der Waals surface area contributed by atoms with E-state index in [2.05, 4.69) is 21.2 Å². The minimum absolute atomic E-state index is 0.115. The zero-order chi connectivity index (χ0) is 18.0. The van der Waals surface area contributed by atoms with Gasteiger partial charge in [0.25, 0.3) is 5.91 Å². The summed E-state index contributed by atoms with van der Waals surface area (Å²) in [5.74, 6) is -0.957. The average molecular weight is 402 g/mol. The molecule has 0 spiro atoms. The maximum absolute atomic E-state index is 12.3. The summed E-state index contributed by atoms with van der Waals surface area (Å²) in [7, 11) is 0. The summed E-state index contributed by atoms with van der Waals surface area (Å²) in [5, 5.41) is 3.55. The van der Waals surface area contributed by atoms with Crippen molar-refractivity contribution in [2.75, 3.05) is 5.32 Å². The second kappa shape index (κ2) is 7.11. The minimum atomic E-state index is -0.955. The van der Waals surface area contributed by atoms with Gasteiger partial charge in [-0.3, -0.25) is 4.79 Å². The van der Waals surface area contributed by atoms with E-state index in [4.69, 9.17) is 9.15 Å². The van der Waals surface area contributed by atoms with Crippen molar-refractivity contribution in [3.05, 3.63) is 64.3 Å². The number of carbonyl (C=O) groups is 2. The lowest BCUT2D eigenvalue weighted by molar-refractivity contribution is -0.123. The van der Waals surface area contributed by atoms with Crippen LogP contribution in [0.2, 0.25) is 0 Å². The number of anilines is 1. The lowest BCUT2D eigenvalue weighted by Crippen LogP contribution is -2.30. The summed E-state index contributed by atoms with van der Waals surface area (Å²) < 4.78 is 11.7. The van der Waals surface area contributed by atoms with E-state index in [0.29, 0.717) is 16.8 Å². The molecule has 0 saturated carbocycles. The molecule has 0 bridgehead atoms. The molecule has 25 heavy (non-hydrogen) atoms. The molecule has 0 aliphatic rings. The number of rotatable bonds is 4. The second-order valence-corrected chi connectivity index (χ2v) is 6.51. The van der Waals surface area contributed by atoms with E-state index in [9.17, 15) is 9.59 Å². The van der Waals surface area contributed by atoms with Crippen molar-refractivity contribution < 1.29 is 18.7 Å². The maximum Gasteiger partial charge on any atom is 0.375 e. The maximum atomic E-state index is 12.3. The molecule has 0 fully saturated rings. The highest BCUT2D eigenvalue weighted by molar-refractivity contribution is 9.10. The monoisotopic (exact) mass is 401 g/mol. The number of esters is 1. The van der Waals surface area contributed by atoms with Gasteiger partial charge in [0, 0.05) is 21.1 Å². The van der Waals surface area contributed by atoms with Gasteiger partial charge in [0.15, 0.2) is 6.10 Å². The molecule has 5 nitrogen and oxygen atoms in total. The molecule has 0 radical (unpaired) electrons. The number of furan rings is 1. The van der Waals surface area contributed by atoms with Gasteiger partial charge in [-0.05, 0) is 44.2 Å². The van der Waals surface area contributed by atoms with Crippen LogP contribution in [0.4, 0.5) is 5.69 Å². The highest BCUT2D eigenvalue weighted by atomic mass is 79.9. The average Bonchev–Trinajstić information content (AvgIpc) is 2.94. The summed E-state index contributed by atoms with van der Waals surface area (Å²) in [6, 6.07) is 14.5. The van der Waals surface area contributed by atoms with E-state index in [1.807, 2.05) is 30.3 Å². The predicted molar refractivity (Wildman–Crippen MR) is 98.6 cm³/mol. The van der Waals surface area contributed by atoms with E-state index in [0.717, 1.165) is 9.86 Å². The molecule has 0 aliphatic heterocycles. The molecule has 3 rings (SSSR count). The third-order valence-electron chi connectivity index (χ3n) is 3.79. The number of carbonyl (C=O) groups excluding carboxylic acids is 2. The number of halogens is 1. The Morgan fingerprint density at radius 3 is 2.48 bits per heavy atom. The molecular formula is C19H16BrNO4. The molecule has 6 heteroatoms. The number of nitrogens with one attached hydrogen (secondary N) is 1. The Kier molecular flexibility index (Phi) is 4.90. The van der Waals surface area contributed by atoms with Crippen LogP contribution in [-0.2, 0) is 9.53 Å².